The third-order valence-corrected chi connectivity index (χ3v) is 4.90. The molecule has 0 saturated carbocycles. The van der Waals surface area contributed by atoms with Crippen molar-refractivity contribution in [3.63, 3.8) is 0 Å². The van der Waals surface area contributed by atoms with Gasteiger partial charge in [-0.15, -0.1) is 0 Å². The van der Waals surface area contributed by atoms with E-state index in [4.69, 9.17) is 14.2 Å². The van der Waals surface area contributed by atoms with E-state index in [1.165, 1.54) is 37.1 Å². The van der Waals surface area contributed by atoms with Crippen molar-refractivity contribution in [3.05, 3.63) is 23.8 Å². The lowest BCUT2D eigenvalue weighted by Crippen LogP contribution is -3.17. The maximum Gasteiger partial charge on any atom is 0.161 e. The molecule has 1 aromatic carbocycles. The summed E-state index contributed by atoms with van der Waals surface area (Å²) in [6, 6.07) is 6.43. The van der Waals surface area contributed by atoms with Gasteiger partial charge in [0.15, 0.2) is 11.5 Å². The molecular formula is C19H32NO4+. The van der Waals surface area contributed by atoms with Crippen LogP contribution in [0.25, 0.3) is 0 Å². The average Bonchev–Trinajstić information content (AvgIpc) is 2.62. The fraction of sp³-hybridized carbons (Fsp3) is 0.684. The molecule has 0 aromatic heterocycles. The second kappa shape index (κ2) is 9.87. The van der Waals surface area contributed by atoms with Crippen LogP contribution in [0.3, 0.4) is 0 Å². The first-order valence-electron chi connectivity index (χ1n) is 8.99. The minimum absolute atomic E-state index is 0.369. The summed E-state index contributed by atoms with van der Waals surface area (Å²) in [5.74, 6) is 1.41. The summed E-state index contributed by atoms with van der Waals surface area (Å²) in [7, 11) is 3.24. The molecule has 136 valence electrons. The van der Waals surface area contributed by atoms with E-state index in [1.807, 2.05) is 18.2 Å². The zero-order valence-electron chi connectivity index (χ0n) is 15.2. The average molecular weight is 338 g/mol. The molecule has 1 fully saturated rings. The predicted molar refractivity (Wildman–Crippen MR) is 93.8 cm³/mol. The maximum absolute atomic E-state index is 10.3. The largest absolute Gasteiger partial charge is 0.493 e. The Labute approximate surface area is 145 Å². The molecule has 24 heavy (non-hydrogen) atoms. The summed E-state index contributed by atoms with van der Waals surface area (Å²) in [5.41, 5.74) is 1.01. The van der Waals surface area contributed by atoms with Crippen molar-refractivity contribution in [1.82, 2.24) is 0 Å². The molecule has 0 aliphatic carbocycles. The van der Waals surface area contributed by atoms with Gasteiger partial charge in [0.25, 0.3) is 0 Å². The normalized spacial score (nSPS) is 22.2. The lowest BCUT2D eigenvalue weighted by atomic mass is 10.00. The molecular weight excluding hydrogens is 306 g/mol. The Morgan fingerprint density at radius 3 is 2.71 bits per heavy atom. The molecule has 5 nitrogen and oxygen atoms in total. The van der Waals surface area contributed by atoms with Gasteiger partial charge in [-0.25, -0.2) is 0 Å². The molecule has 0 radical (unpaired) electrons. The first kappa shape index (κ1) is 19.0. The van der Waals surface area contributed by atoms with Gasteiger partial charge in [-0.3, -0.25) is 0 Å². The van der Waals surface area contributed by atoms with Gasteiger partial charge in [0.05, 0.1) is 40.0 Å². The Hall–Kier alpha value is -1.30. The number of ether oxygens (including phenoxy) is 3. The fourth-order valence-electron chi connectivity index (χ4n) is 3.56. The Bertz CT molecular complexity index is 494. The summed E-state index contributed by atoms with van der Waals surface area (Å²) >= 11 is 0. The number of likely N-dealkylation sites (tertiary alicyclic amines) is 1. The zero-order valence-corrected chi connectivity index (χ0v) is 15.2. The Morgan fingerprint density at radius 2 is 2.00 bits per heavy atom. The molecule has 0 amide bonds. The topological polar surface area (TPSA) is 52.4 Å². The highest BCUT2D eigenvalue weighted by atomic mass is 16.5. The number of aliphatic hydroxyl groups excluding tert-OH is 1. The lowest BCUT2D eigenvalue weighted by Gasteiger charge is -2.33. The van der Waals surface area contributed by atoms with Gasteiger partial charge in [0, 0.05) is 0 Å². The van der Waals surface area contributed by atoms with E-state index in [9.17, 15) is 5.11 Å². The number of quaternary nitrogens is 1. The van der Waals surface area contributed by atoms with Crippen LogP contribution in [0.15, 0.2) is 18.2 Å². The van der Waals surface area contributed by atoms with Crippen molar-refractivity contribution in [2.75, 3.05) is 33.9 Å². The molecule has 1 heterocycles. The van der Waals surface area contributed by atoms with E-state index >= 15 is 0 Å². The van der Waals surface area contributed by atoms with Crippen LogP contribution >= 0.6 is 0 Å². The van der Waals surface area contributed by atoms with E-state index in [0.717, 1.165) is 12.1 Å². The van der Waals surface area contributed by atoms with Crippen LogP contribution in [0.4, 0.5) is 0 Å². The van der Waals surface area contributed by atoms with E-state index in [2.05, 4.69) is 6.92 Å². The number of rotatable bonds is 9. The fourth-order valence-corrected chi connectivity index (χ4v) is 3.56. The van der Waals surface area contributed by atoms with Crippen molar-refractivity contribution < 1.29 is 24.2 Å². The molecule has 1 aromatic rings. The Balaban J connectivity index is 1.77. The zero-order chi connectivity index (χ0) is 17.4. The van der Waals surface area contributed by atoms with Crippen LogP contribution < -0.4 is 14.4 Å². The molecule has 5 heteroatoms. The van der Waals surface area contributed by atoms with E-state index in [-0.39, 0.29) is 0 Å². The first-order chi connectivity index (χ1) is 11.7. The lowest BCUT2D eigenvalue weighted by molar-refractivity contribution is -0.933. The molecule has 1 aliphatic rings. The highest BCUT2D eigenvalue weighted by Crippen LogP contribution is 2.27. The van der Waals surface area contributed by atoms with E-state index in [1.54, 1.807) is 14.2 Å². The van der Waals surface area contributed by atoms with Gasteiger partial charge in [-0.05, 0) is 43.4 Å². The van der Waals surface area contributed by atoms with Gasteiger partial charge in [0.2, 0.25) is 0 Å². The molecule has 2 rings (SSSR count). The molecule has 1 saturated heterocycles. The summed E-state index contributed by atoms with van der Waals surface area (Å²) in [6.45, 7) is 5.03. The van der Waals surface area contributed by atoms with Crippen LogP contribution in [0, 0.1) is 0 Å². The minimum Gasteiger partial charge on any atom is -0.493 e. The van der Waals surface area contributed by atoms with Crippen LogP contribution in [-0.4, -0.2) is 51.2 Å². The second-order valence-corrected chi connectivity index (χ2v) is 6.57. The first-order valence-corrected chi connectivity index (χ1v) is 8.99. The molecule has 1 aliphatic heterocycles. The molecule has 0 spiro atoms. The predicted octanol–water partition coefficient (Wildman–Crippen LogP) is 1.43. The van der Waals surface area contributed by atoms with Crippen LogP contribution in [0.1, 0.15) is 38.2 Å². The summed E-state index contributed by atoms with van der Waals surface area (Å²) in [4.78, 5) is 1.53. The standard InChI is InChI=1S/C19H31NO4/c1-4-16-7-5-6-10-20(16)12-17(21)14-24-13-15-8-9-18(22-2)19(11-15)23-3/h8-9,11,16-17,21H,4-7,10,12-14H2,1-3H3/p+1/t16-,17+/m1/s1. The molecule has 0 bridgehead atoms. The van der Waals surface area contributed by atoms with Crippen LogP contribution in [0.2, 0.25) is 0 Å². The van der Waals surface area contributed by atoms with Crippen molar-refractivity contribution in [2.45, 2.75) is 51.4 Å². The van der Waals surface area contributed by atoms with E-state index in [0.29, 0.717) is 30.8 Å². The summed E-state index contributed by atoms with van der Waals surface area (Å²) in [5, 5.41) is 10.3. The monoisotopic (exact) mass is 338 g/mol. The van der Waals surface area contributed by atoms with Crippen molar-refractivity contribution >= 4 is 0 Å². The number of benzene rings is 1. The third-order valence-electron chi connectivity index (χ3n) is 4.90. The smallest absolute Gasteiger partial charge is 0.161 e. The van der Waals surface area contributed by atoms with Gasteiger partial charge in [0.1, 0.15) is 12.6 Å². The van der Waals surface area contributed by atoms with Gasteiger partial charge in [-0.2, -0.15) is 0 Å². The Morgan fingerprint density at radius 1 is 1.21 bits per heavy atom. The molecule has 2 N–H and O–H groups in total. The molecule has 1 unspecified atom stereocenters. The summed E-state index contributed by atoms with van der Waals surface area (Å²) < 4.78 is 16.2. The van der Waals surface area contributed by atoms with E-state index < -0.39 is 6.10 Å². The van der Waals surface area contributed by atoms with Crippen molar-refractivity contribution in [2.24, 2.45) is 0 Å². The number of aliphatic hydroxyl groups is 1. The quantitative estimate of drug-likeness (QED) is 0.715. The number of piperidine rings is 1. The SMILES string of the molecule is CC[C@@H]1CCCC[NH+]1C[C@H](O)COCc1ccc(OC)c(OC)c1. The number of methoxy groups -OCH3 is 2. The summed E-state index contributed by atoms with van der Waals surface area (Å²) in [6.07, 6.45) is 4.66. The van der Waals surface area contributed by atoms with Crippen molar-refractivity contribution in [1.29, 1.82) is 0 Å². The Kier molecular flexibility index (Phi) is 7.82. The highest BCUT2D eigenvalue weighted by molar-refractivity contribution is 5.42. The number of hydrogen-bond acceptors (Lipinski definition) is 4. The number of nitrogens with one attached hydrogen (secondary N) is 1. The minimum atomic E-state index is -0.410. The number of hydrogen-bond donors (Lipinski definition) is 2. The highest BCUT2D eigenvalue weighted by Gasteiger charge is 2.26. The van der Waals surface area contributed by atoms with Crippen LogP contribution in [0.5, 0.6) is 11.5 Å². The second-order valence-electron chi connectivity index (χ2n) is 6.57. The van der Waals surface area contributed by atoms with Gasteiger partial charge >= 0.3 is 0 Å². The third kappa shape index (κ3) is 5.36. The van der Waals surface area contributed by atoms with Gasteiger partial charge < -0.3 is 24.2 Å². The van der Waals surface area contributed by atoms with Crippen LogP contribution in [-0.2, 0) is 11.3 Å². The van der Waals surface area contributed by atoms with Crippen molar-refractivity contribution in [3.8, 4) is 11.5 Å². The molecule has 3 atom stereocenters. The van der Waals surface area contributed by atoms with Gasteiger partial charge in [-0.1, -0.05) is 13.0 Å². The maximum atomic E-state index is 10.3.